The molecule has 2 heterocycles. The van der Waals surface area contributed by atoms with Gasteiger partial charge in [-0.3, -0.25) is 9.59 Å². The van der Waals surface area contributed by atoms with Gasteiger partial charge in [0, 0.05) is 12.2 Å². The van der Waals surface area contributed by atoms with Gasteiger partial charge in [0.15, 0.2) is 0 Å². The van der Waals surface area contributed by atoms with E-state index in [1.807, 2.05) is 90.1 Å². The number of carbonyl (C=O) groups is 3. The fraction of sp³-hybridized carbons (Fsp3) is 0.500. The Morgan fingerprint density at radius 2 is 1.50 bits per heavy atom. The number of amides is 3. The van der Waals surface area contributed by atoms with Crippen LogP contribution in [0.1, 0.15) is 54.4 Å². The van der Waals surface area contributed by atoms with E-state index in [1.165, 1.54) is 7.11 Å². The number of nitrogens with one attached hydrogen (secondary N) is 2. The molecule has 214 valence electrons. The second-order valence-electron chi connectivity index (χ2n) is 11.8. The van der Waals surface area contributed by atoms with Crippen molar-refractivity contribution in [3.05, 3.63) is 48.5 Å². The molecule has 2 aliphatic rings. The van der Waals surface area contributed by atoms with Gasteiger partial charge in [0.05, 0.1) is 18.3 Å². The van der Waals surface area contributed by atoms with Crippen molar-refractivity contribution in [2.75, 3.05) is 19.0 Å². The fourth-order valence-corrected chi connectivity index (χ4v) is 4.96. The molecule has 2 N–H and O–H groups in total. The molecule has 2 aromatic rings. The van der Waals surface area contributed by atoms with Crippen LogP contribution in [0, 0.1) is 5.92 Å². The Morgan fingerprint density at radius 3 is 2.02 bits per heavy atom. The van der Waals surface area contributed by atoms with Crippen LogP contribution in [-0.4, -0.2) is 66.9 Å². The van der Waals surface area contributed by atoms with Crippen LogP contribution in [0.4, 0.5) is 10.5 Å². The Kier molecular flexibility index (Phi) is 8.61. The molecule has 0 spiro atoms. The smallest absolute Gasteiger partial charge is 0.453 e. The number of methoxy groups -OCH3 is 1. The quantitative estimate of drug-likeness (QED) is 0.507. The van der Waals surface area contributed by atoms with Crippen molar-refractivity contribution in [2.24, 2.45) is 5.92 Å². The van der Waals surface area contributed by atoms with Crippen molar-refractivity contribution in [2.45, 2.75) is 77.7 Å². The molecule has 0 saturated carbocycles. The molecule has 2 saturated heterocycles. The van der Waals surface area contributed by atoms with Crippen molar-refractivity contribution in [1.29, 1.82) is 0 Å². The molecule has 10 heteroatoms. The standard InChI is InChI=1S/C30H40BN3O6/c1-19(2)25(33-28(37)38-7)27(36)34-18-8-9-24(34)26(35)32-23-16-12-21(13-17-23)20-10-14-22(15-11-20)31-39-29(3,4)30(5,6)40-31/h10-17,19,24-25H,8-9,18H2,1-7H3,(H,32,35)(H,33,37)/t24-,25-/m0/s1. The Balaban J connectivity index is 1.39. The summed E-state index contributed by atoms with van der Waals surface area (Å²) in [6.45, 7) is 12.3. The second-order valence-corrected chi connectivity index (χ2v) is 11.8. The van der Waals surface area contributed by atoms with Crippen LogP contribution in [0.3, 0.4) is 0 Å². The fourth-order valence-electron chi connectivity index (χ4n) is 4.96. The van der Waals surface area contributed by atoms with Gasteiger partial charge in [-0.15, -0.1) is 0 Å². The van der Waals surface area contributed by atoms with Crippen LogP contribution in [0.2, 0.25) is 0 Å². The highest BCUT2D eigenvalue weighted by molar-refractivity contribution is 6.62. The zero-order chi connectivity index (χ0) is 29.2. The molecule has 2 atom stereocenters. The minimum Gasteiger partial charge on any atom is -0.453 e. The van der Waals surface area contributed by atoms with E-state index in [0.29, 0.717) is 25.1 Å². The Labute approximate surface area is 237 Å². The lowest BCUT2D eigenvalue weighted by Gasteiger charge is -2.32. The Hall–Kier alpha value is -3.37. The first-order chi connectivity index (χ1) is 18.8. The van der Waals surface area contributed by atoms with E-state index >= 15 is 0 Å². The van der Waals surface area contributed by atoms with Gasteiger partial charge in [0.25, 0.3) is 0 Å². The number of nitrogens with zero attached hydrogens (tertiary/aromatic N) is 1. The van der Waals surface area contributed by atoms with Gasteiger partial charge in [-0.25, -0.2) is 4.79 Å². The summed E-state index contributed by atoms with van der Waals surface area (Å²) >= 11 is 0. The van der Waals surface area contributed by atoms with Gasteiger partial charge >= 0.3 is 13.2 Å². The summed E-state index contributed by atoms with van der Waals surface area (Å²) in [7, 11) is 0.844. The zero-order valence-electron chi connectivity index (χ0n) is 24.4. The maximum absolute atomic E-state index is 13.2. The molecule has 3 amide bonds. The molecule has 0 aliphatic carbocycles. The first kappa shape index (κ1) is 29.6. The van der Waals surface area contributed by atoms with Gasteiger partial charge in [-0.2, -0.15) is 0 Å². The lowest BCUT2D eigenvalue weighted by molar-refractivity contribution is -0.139. The van der Waals surface area contributed by atoms with Crippen LogP contribution >= 0.6 is 0 Å². The minimum absolute atomic E-state index is 0.158. The number of alkyl carbamates (subject to hydrolysis) is 1. The lowest BCUT2D eigenvalue weighted by Crippen LogP contribution is -2.54. The van der Waals surface area contributed by atoms with E-state index in [4.69, 9.17) is 9.31 Å². The zero-order valence-corrected chi connectivity index (χ0v) is 24.4. The van der Waals surface area contributed by atoms with Crippen molar-refractivity contribution in [3.63, 3.8) is 0 Å². The van der Waals surface area contributed by atoms with Crippen molar-refractivity contribution >= 4 is 36.2 Å². The highest BCUT2D eigenvalue weighted by atomic mass is 16.7. The van der Waals surface area contributed by atoms with Crippen LogP contribution in [0.5, 0.6) is 0 Å². The number of likely N-dealkylation sites (tertiary alicyclic amines) is 1. The number of rotatable bonds is 7. The molecule has 2 aromatic carbocycles. The predicted molar refractivity (Wildman–Crippen MR) is 155 cm³/mol. The van der Waals surface area contributed by atoms with Gasteiger partial charge in [-0.1, -0.05) is 50.2 Å². The number of carbonyl (C=O) groups excluding carboxylic acids is 3. The van der Waals surface area contributed by atoms with E-state index in [2.05, 4.69) is 15.4 Å². The summed E-state index contributed by atoms with van der Waals surface area (Å²) in [6, 6.07) is 14.3. The average molecular weight is 549 g/mol. The minimum atomic E-state index is -0.767. The summed E-state index contributed by atoms with van der Waals surface area (Å²) < 4.78 is 17.0. The Bertz CT molecular complexity index is 1210. The summed E-state index contributed by atoms with van der Waals surface area (Å²) in [6.07, 6.45) is 0.608. The highest BCUT2D eigenvalue weighted by Crippen LogP contribution is 2.36. The van der Waals surface area contributed by atoms with E-state index in [0.717, 1.165) is 16.6 Å². The maximum Gasteiger partial charge on any atom is 0.494 e. The number of ether oxygens (including phenoxy) is 1. The predicted octanol–water partition coefficient (Wildman–Crippen LogP) is 3.96. The summed E-state index contributed by atoms with van der Waals surface area (Å²) in [5, 5.41) is 5.55. The van der Waals surface area contributed by atoms with E-state index in [1.54, 1.807) is 4.90 Å². The molecule has 40 heavy (non-hydrogen) atoms. The van der Waals surface area contributed by atoms with E-state index < -0.39 is 36.5 Å². The number of hydrogen-bond acceptors (Lipinski definition) is 6. The number of anilines is 1. The molecular weight excluding hydrogens is 509 g/mol. The summed E-state index contributed by atoms with van der Waals surface area (Å²) in [4.78, 5) is 39.7. The van der Waals surface area contributed by atoms with Crippen molar-refractivity contribution in [1.82, 2.24) is 10.2 Å². The molecule has 4 rings (SSSR count). The topological polar surface area (TPSA) is 106 Å². The molecule has 2 aliphatic heterocycles. The van der Waals surface area contributed by atoms with Crippen molar-refractivity contribution in [3.8, 4) is 11.1 Å². The summed E-state index contributed by atoms with van der Waals surface area (Å²) in [5.41, 5.74) is 2.86. The molecule has 0 bridgehead atoms. The molecule has 0 unspecified atom stereocenters. The van der Waals surface area contributed by atoms with Crippen molar-refractivity contribution < 1.29 is 28.4 Å². The average Bonchev–Trinajstić information content (AvgIpc) is 3.49. The maximum atomic E-state index is 13.2. The molecule has 0 radical (unpaired) electrons. The SMILES string of the molecule is COC(=O)N[C@H](C(=O)N1CCC[C@H]1C(=O)Nc1ccc(-c2ccc(B3OC(C)(C)C(C)(C)O3)cc2)cc1)C(C)C. The second kappa shape index (κ2) is 11.6. The third kappa shape index (κ3) is 6.18. The van der Waals surface area contributed by atoms with Crippen LogP contribution in [-0.2, 0) is 23.6 Å². The Morgan fingerprint density at radius 1 is 0.950 bits per heavy atom. The molecule has 2 fully saturated rings. The molecular formula is C30H40BN3O6. The molecule has 9 nitrogen and oxygen atoms in total. The van der Waals surface area contributed by atoms with Gasteiger partial charge in [0.2, 0.25) is 11.8 Å². The largest absolute Gasteiger partial charge is 0.494 e. The third-order valence-corrected chi connectivity index (χ3v) is 8.15. The van der Waals surface area contributed by atoms with Crippen LogP contribution < -0.4 is 16.1 Å². The van der Waals surface area contributed by atoms with Gasteiger partial charge in [0.1, 0.15) is 12.1 Å². The van der Waals surface area contributed by atoms with Gasteiger partial charge in [-0.05, 0) is 75.2 Å². The molecule has 0 aromatic heterocycles. The third-order valence-electron chi connectivity index (χ3n) is 8.15. The lowest BCUT2D eigenvalue weighted by atomic mass is 9.78. The first-order valence-electron chi connectivity index (χ1n) is 13.8. The van der Waals surface area contributed by atoms with E-state index in [9.17, 15) is 14.4 Å². The number of hydrogen-bond donors (Lipinski definition) is 2. The monoisotopic (exact) mass is 549 g/mol. The van der Waals surface area contributed by atoms with E-state index in [-0.39, 0.29) is 17.7 Å². The first-order valence-corrected chi connectivity index (χ1v) is 13.8. The normalized spacial score (nSPS) is 20.4. The number of benzene rings is 2. The highest BCUT2D eigenvalue weighted by Gasteiger charge is 2.51. The van der Waals surface area contributed by atoms with Crippen LogP contribution in [0.25, 0.3) is 11.1 Å². The van der Waals surface area contributed by atoms with Crippen LogP contribution in [0.15, 0.2) is 48.5 Å². The summed E-state index contributed by atoms with van der Waals surface area (Å²) in [5.74, 6) is -0.683. The van der Waals surface area contributed by atoms with Gasteiger partial charge < -0.3 is 29.6 Å².